The molecule has 1 amide bonds. The van der Waals surface area contributed by atoms with Crippen LogP contribution in [-0.4, -0.2) is 67.0 Å². The molecule has 0 saturated carbocycles. The van der Waals surface area contributed by atoms with Crippen molar-refractivity contribution >= 4 is 38.2 Å². The van der Waals surface area contributed by atoms with Gasteiger partial charge in [-0.05, 0) is 53.4 Å². The van der Waals surface area contributed by atoms with Crippen molar-refractivity contribution in [3.05, 3.63) is 82.6 Å². The SMILES string of the molecule is COc1ccc2c3c([nH]c2c1)[C@H](CO)N(C(=O)c1ccc(F)cc1)CC31CN(S(=O)(=O)c2cccs2)C1. The first kappa shape index (κ1) is 24.1. The van der Waals surface area contributed by atoms with Gasteiger partial charge in [-0.1, -0.05) is 6.07 Å². The first-order valence-electron chi connectivity index (χ1n) is 11.7. The molecule has 0 radical (unpaired) electrons. The van der Waals surface area contributed by atoms with Gasteiger partial charge in [0.2, 0.25) is 0 Å². The Morgan fingerprint density at radius 1 is 1.19 bits per heavy atom. The number of H-pyrrole nitrogens is 1. The van der Waals surface area contributed by atoms with Crippen molar-refractivity contribution < 1.29 is 27.4 Å². The van der Waals surface area contributed by atoms with E-state index in [-0.39, 0.29) is 36.4 Å². The molecule has 1 spiro atoms. The molecule has 6 rings (SSSR count). The van der Waals surface area contributed by atoms with Gasteiger partial charge < -0.3 is 19.7 Å². The van der Waals surface area contributed by atoms with Crippen LogP contribution in [0.25, 0.3) is 10.9 Å². The van der Waals surface area contributed by atoms with Crippen LogP contribution in [0.5, 0.6) is 5.75 Å². The number of thiophene rings is 1. The Labute approximate surface area is 216 Å². The molecule has 0 unspecified atom stereocenters. The Balaban J connectivity index is 1.47. The summed E-state index contributed by atoms with van der Waals surface area (Å²) in [7, 11) is -2.10. The average molecular weight is 542 g/mol. The van der Waals surface area contributed by atoms with E-state index in [1.165, 1.54) is 39.9 Å². The monoisotopic (exact) mass is 541 g/mol. The van der Waals surface area contributed by atoms with Gasteiger partial charge in [0.25, 0.3) is 15.9 Å². The van der Waals surface area contributed by atoms with E-state index >= 15 is 0 Å². The standard InChI is InChI=1S/C26H24FN3O5S2/c1-35-18-8-9-19-20(11-18)28-24-21(12-31)30(25(32)16-4-6-17(27)7-5-16)15-26(23(19)24)13-29(14-26)37(33,34)22-3-2-10-36-22/h2-11,21,28,31H,12-15H2,1H3/t21-/m0/s1. The second-order valence-electron chi connectivity index (χ2n) is 9.45. The van der Waals surface area contributed by atoms with Crippen molar-refractivity contribution in [1.29, 1.82) is 0 Å². The number of benzene rings is 2. The zero-order valence-electron chi connectivity index (χ0n) is 19.8. The molecule has 2 aromatic heterocycles. The van der Waals surface area contributed by atoms with Gasteiger partial charge in [0.1, 0.15) is 15.8 Å². The molecule has 1 saturated heterocycles. The largest absolute Gasteiger partial charge is 0.497 e. The van der Waals surface area contributed by atoms with Gasteiger partial charge >= 0.3 is 0 Å². The number of amides is 1. The summed E-state index contributed by atoms with van der Waals surface area (Å²) < 4.78 is 47.1. The highest BCUT2D eigenvalue weighted by Gasteiger charge is 2.56. The zero-order valence-corrected chi connectivity index (χ0v) is 21.5. The van der Waals surface area contributed by atoms with Gasteiger partial charge in [-0.25, -0.2) is 12.8 Å². The zero-order chi connectivity index (χ0) is 25.9. The summed E-state index contributed by atoms with van der Waals surface area (Å²) in [5.74, 6) is -0.166. The summed E-state index contributed by atoms with van der Waals surface area (Å²) in [5.41, 5.74) is 1.95. The number of nitrogens with zero attached hydrogens (tertiary/aromatic N) is 2. The minimum atomic E-state index is -3.67. The van der Waals surface area contributed by atoms with Crippen molar-refractivity contribution in [3.8, 4) is 5.75 Å². The molecule has 0 bridgehead atoms. The second-order valence-corrected chi connectivity index (χ2v) is 12.6. The Bertz CT molecular complexity index is 1590. The van der Waals surface area contributed by atoms with E-state index in [9.17, 15) is 22.7 Å². The summed E-state index contributed by atoms with van der Waals surface area (Å²) in [6.07, 6.45) is 0. The van der Waals surface area contributed by atoms with Crippen LogP contribution in [-0.2, 0) is 15.4 Å². The molecular formula is C26H24FN3O5S2. The first-order valence-corrected chi connectivity index (χ1v) is 14.0. The summed E-state index contributed by atoms with van der Waals surface area (Å²) >= 11 is 1.17. The lowest BCUT2D eigenvalue weighted by Crippen LogP contribution is -2.67. The van der Waals surface area contributed by atoms with E-state index in [0.29, 0.717) is 17.0 Å². The average Bonchev–Trinajstić information content (AvgIpc) is 3.55. The lowest BCUT2D eigenvalue weighted by molar-refractivity contribution is 0.0248. The third-order valence-corrected chi connectivity index (χ3v) is 10.5. The number of aromatic nitrogens is 1. The van der Waals surface area contributed by atoms with Gasteiger partial charge in [0.05, 0.1) is 19.8 Å². The number of sulfonamides is 1. The molecule has 11 heteroatoms. The molecule has 2 aliphatic heterocycles. The number of hydrogen-bond donors (Lipinski definition) is 2. The molecule has 2 aromatic carbocycles. The highest BCUT2D eigenvalue weighted by atomic mass is 32.2. The number of ether oxygens (including phenoxy) is 1. The van der Waals surface area contributed by atoms with Crippen LogP contribution in [0.2, 0.25) is 0 Å². The maximum absolute atomic E-state index is 13.6. The number of aliphatic hydroxyl groups is 1. The van der Waals surface area contributed by atoms with Crippen molar-refractivity contribution in [2.24, 2.45) is 0 Å². The molecule has 1 atom stereocenters. The predicted molar refractivity (Wildman–Crippen MR) is 137 cm³/mol. The van der Waals surface area contributed by atoms with E-state index in [2.05, 4.69) is 4.98 Å². The molecular weight excluding hydrogens is 517 g/mol. The Morgan fingerprint density at radius 3 is 2.59 bits per heavy atom. The van der Waals surface area contributed by atoms with E-state index < -0.39 is 27.3 Å². The summed E-state index contributed by atoms with van der Waals surface area (Å²) in [4.78, 5) is 18.6. The van der Waals surface area contributed by atoms with Crippen LogP contribution in [0.4, 0.5) is 4.39 Å². The molecule has 37 heavy (non-hydrogen) atoms. The third kappa shape index (κ3) is 3.68. The number of rotatable bonds is 5. The fourth-order valence-corrected chi connectivity index (χ4v) is 8.33. The molecule has 192 valence electrons. The van der Waals surface area contributed by atoms with Crippen LogP contribution in [0.15, 0.2) is 64.2 Å². The van der Waals surface area contributed by atoms with Gasteiger partial charge in [0, 0.05) is 53.3 Å². The first-order chi connectivity index (χ1) is 17.8. The number of methoxy groups -OCH3 is 1. The molecule has 2 aliphatic rings. The van der Waals surface area contributed by atoms with Crippen LogP contribution in [0.1, 0.15) is 27.7 Å². The molecule has 2 N–H and O–H groups in total. The minimum absolute atomic E-state index is 0.185. The fourth-order valence-electron chi connectivity index (χ4n) is 5.57. The number of hydrogen-bond acceptors (Lipinski definition) is 6. The Kier molecular flexibility index (Phi) is 5.64. The van der Waals surface area contributed by atoms with Gasteiger partial charge in [-0.2, -0.15) is 4.31 Å². The van der Waals surface area contributed by atoms with Gasteiger partial charge in [-0.3, -0.25) is 4.79 Å². The topological polar surface area (TPSA) is 103 Å². The van der Waals surface area contributed by atoms with Crippen molar-refractivity contribution in [3.63, 3.8) is 0 Å². The highest BCUT2D eigenvalue weighted by molar-refractivity contribution is 7.91. The normalized spacial score (nSPS) is 19.1. The predicted octanol–water partition coefficient (Wildman–Crippen LogP) is 3.51. The number of nitrogens with one attached hydrogen (secondary N) is 1. The fraction of sp³-hybridized carbons (Fsp3) is 0.269. The lowest BCUT2D eigenvalue weighted by atomic mass is 9.70. The molecule has 4 heterocycles. The Hall–Kier alpha value is -3.25. The number of aliphatic hydroxyl groups excluding tert-OH is 1. The smallest absolute Gasteiger partial charge is 0.254 e. The van der Waals surface area contributed by atoms with Gasteiger partial charge in [-0.15, -0.1) is 11.3 Å². The van der Waals surface area contributed by atoms with Gasteiger partial charge in [0.15, 0.2) is 0 Å². The highest BCUT2D eigenvalue weighted by Crippen LogP contribution is 2.50. The summed E-state index contributed by atoms with van der Waals surface area (Å²) in [6.45, 7) is 0.239. The molecule has 8 nitrogen and oxygen atoms in total. The maximum atomic E-state index is 13.6. The number of carbonyl (C=O) groups is 1. The number of carbonyl (C=O) groups excluding carboxylic acids is 1. The minimum Gasteiger partial charge on any atom is -0.497 e. The lowest BCUT2D eigenvalue weighted by Gasteiger charge is -2.55. The number of fused-ring (bicyclic) bond motifs is 4. The van der Waals surface area contributed by atoms with Crippen LogP contribution >= 0.6 is 11.3 Å². The van der Waals surface area contributed by atoms with Crippen molar-refractivity contribution in [1.82, 2.24) is 14.2 Å². The molecule has 4 aromatic rings. The van der Waals surface area contributed by atoms with E-state index in [4.69, 9.17) is 4.74 Å². The number of aromatic amines is 1. The van der Waals surface area contributed by atoms with E-state index in [1.54, 1.807) is 29.5 Å². The van der Waals surface area contributed by atoms with Crippen LogP contribution in [0.3, 0.4) is 0 Å². The van der Waals surface area contributed by atoms with E-state index in [0.717, 1.165) is 16.5 Å². The molecule has 0 aliphatic carbocycles. The van der Waals surface area contributed by atoms with Crippen LogP contribution < -0.4 is 4.74 Å². The Morgan fingerprint density at radius 2 is 1.95 bits per heavy atom. The van der Waals surface area contributed by atoms with E-state index in [1.807, 2.05) is 18.2 Å². The quantitative estimate of drug-likeness (QED) is 0.403. The van der Waals surface area contributed by atoms with Crippen molar-refractivity contribution in [2.45, 2.75) is 15.7 Å². The summed E-state index contributed by atoms with van der Waals surface area (Å²) in [6, 6.07) is 13.5. The number of halogens is 1. The molecule has 1 fully saturated rings. The third-order valence-electron chi connectivity index (χ3n) is 7.32. The second kappa shape index (κ2) is 8.66. The summed E-state index contributed by atoms with van der Waals surface area (Å²) in [5, 5.41) is 13.1. The maximum Gasteiger partial charge on any atom is 0.254 e. The van der Waals surface area contributed by atoms with Crippen molar-refractivity contribution in [2.75, 3.05) is 33.4 Å². The van der Waals surface area contributed by atoms with Crippen LogP contribution in [0, 0.1) is 5.82 Å².